The van der Waals surface area contributed by atoms with E-state index in [-0.39, 0.29) is 25.0 Å². The van der Waals surface area contributed by atoms with Crippen molar-refractivity contribution in [2.24, 2.45) is 5.92 Å². The zero-order chi connectivity index (χ0) is 14.1. The molecule has 0 aliphatic rings. The van der Waals surface area contributed by atoms with E-state index in [1.54, 1.807) is 7.05 Å². The standard InChI is InChI=1S/C13H26N2O3/c1-10(2)6-5-7-11(3)14-13(18)15(4)9-8-12(16)17/h10-11H,5-9H2,1-4H3,(H,14,18)(H,16,17). The fourth-order valence-electron chi connectivity index (χ4n) is 1.59. The minimum Gasteiger partial charge on any atom is -0.481 e. The highest BCUT2D eigenvalue weighted by molar-refractivity contribution is 5.75. The van der Waals surface area contributed by atoms with Crippen molar-refractivity contribution in [1.82, 2.24) is 10.2 Å². The molecule has 0 saturated carbocycles. The van der Waals surface area contributed by atoms with E-state index in [0.29, 0.717) is 5.92 Å². The molecule has 0 bridgehead atoms. The number of aliphatic carboxylic acids is 1. The molecule has 0 aromatic carbocycles. The van der Waals surface area contributed by atoms with E-state index in [1.165, 1.54) is 4.90 Å². The highest BCUT2D eigenvalue weighted by Crippen LogP contribution is 2.08. The van der Waals surface area contributed by atoms with Crippen LogP contribution in [0.15, 0.2) is 0 Å². The van der Waals surface area contributed by atoms with Crippen LogP contribution in [0, 0.1) is 5.92 Å². The van der Waals surface area contributed by atoms with Crippen LogP contribution >= 0.6 is 0 Å². The molecule has 1 unspecified atom stereocenters. The summed E-state index contributed by atoms with van der Waals surface area (Å²) in [6.45, 7) is 6.58. The van der Waals surface area contributed by atoms with Gasteiger partial charge in [-0.3, -0.25) is 4.79 Å². The number of carboxylic acid groups (broad SMARTS) is 1. The van der Waals surface area contributed by atoms with E-state index in [9.17, 15) is 9.59 Å². The van der Waals surface area contributed by atoms with Crippen molar-refractivity contribution in [1.29, 1.82) is 0 Å². The van der Waals surface area contributed by atoms with Crippen molar-refractivity contribution in [2.75, 3.05) is 13.6 Å². The molecule has 0 saturated heterocycles. The van der Waals surface area contributed by atoms with Crippen LogP contribution in [0.3, 0.4) is 0 Å². The number of urea groups is 1. The topological polar surface area (TPSA) is 69.6 Å². The average Bonchev–Trinajstić information content (AvgIpc) is 2.24. The van der Waals surface area contributed by atoms with Crippen molar-refractivity contribution < 1.29 is 14.7 Å². The van der Waals surface area contributed by atoms with E-state index in [4.69, 9.17) is 5.11 Å². The number of nitrogens with one attached hydrogen (secondary N) is 1. The molecule has 2 amide bonds. The minimum atomic E-state index is -0.889. The number of carboxylic acids is 1. The molecule has 1 atom stereocenters. The van der Waals surface area contributed by atoms with E-state index in [2.05, 4.69) is 19.2 Å². The predicted octanol–water partition coefficient (Wildman–Crippen LogP) is 2.32. The Hall–Kier alpha value is -1.26. The van der Waals surface area contributed by atoms with E-state index in [0.717, 1.165) is 19.3 Å². The Morgan fingerprint density at radius 2 is 1.83 bits per heavy atom. The Kier molecular flexibility index (Phi) is 8.16. The van der Waals surface area contributed by atoms with Gasteiger partial charge in [0.15, 0.2) is 0 Å². The SMILES string of the molecule is CC(C)CCCC(C)NC(=O)N(C)CCC(=O)O. The van der Waals surface area contributed by atoms with Crippen molar-refractivity contribution in [3.05, 3.63) is 0 Å². The number of nitrogens with zero attached hydrogens (tertiary/aromatic N) is 1. The fraction of sp³-hybridized carbons (Fsp3) is 0.846. The van der Waals surface area contributed by atoms with Gasteiger partial charge in [-0.05, 0) is 19.3 Å². The monoisotopic (exact) mass is 258 g/mol. The van der Waals surface area contributed by atoms with Crippen molar-refractivity contribution >= 4 is 12.0 Å². The van der Waals surface area contributed by atoms with Crippen molar-refractivity contribution in [3.63, 3.8) is 0 Å². The molecule has 0 radical (unpaired) electrons. The van der Waals surface area contributed by atoms with Gasteiger partial charge in [0.1, 0.15) is 0 Å². The van der Waals surface area contributed by atoms with Crippen LogP contribution < -0.4 is 5.32 Å². The Bertz CT molecular complexity index is 267. The van der Waals surface area contributed by atoms with Gasteiger partial charge < -0.3 is 15.3 Å². The molecule has 0 heterocycles. The Labute approximate surface area is 110 Å². The summed E-state index contributed by atoms with van der Waals surface area (Å²) >= 11 is 0. The summed E-state index contributed by atoms with van der Waals surface area (Å²) in [5.41, 5.74) is 0. The third kappa shape index (κ3) is 8.84. The number of amides is 2. The molecular formula is C13H26N2O3. The largest absolute Gasteiger partial charge is 0.481 e. The van der Waals surface area contributed by atoms with Crippen LogP contribution in [0.1, 0.15) is 46.5 Å². The molecule has 0 aliphatic heterocycles. The number of hydrogen-bond acceptors (Lipinski definition) is 2. The summed E-state index contributed by atoms with van der Waals surface area (Å²) in [7, 11) is 1.61. The molecule has 18 heavy (non-hydrogen) atoms. The summed E-state index contributed by atoms with van der Waals surface area (Å²) in [4.78, 5) is 23.5. The molecule has 0 spiro atoms. The highest BCUT2D eigenvalue weighted by atomic mass is 16.4. The molecule has 0 aromatic rings. The molecule has 5 nitrogen and oxygen atoms in total. The Balaban J connectivity index is 3.81. The first-order valence-corrected chi connectivity index (χ1v) is 6.56. The van der Waals surface area contributed by atoms with Crippen LogP contribution in [-0.4, -0.2) is 41.6 Å². The zero-order valence-electron chi connectivity index (χ0n) is 11.9. The highest BCUT2D eigenvalue weighted by Gasteiger charge is 2.12. The second kappa shape index (κ2) is 8.78. The van der Waals surface area contributed by atoms with E-state index < -0.39 is 5.97 Å². The van der Waals surface area contributed by atoms with Crippen LogP contribution in [0.2, 0.25) is 0 Å². The lowest BCUT2D eigenvalue weighted by molar-refractivity contribution is -0.137. The lowest BCUT2D eigenvalue weighted by atomic mass is 10.0. The van der Waals surface area contributed by atoms with Gasteiger partial charge in [0.25, 0.3) is 0 Å². The smallest absolute Gasteiger partial charge is 0.317 e. The lowest BCUT2D eigenvalue weighted by Crippen LogP contribution is -2.42. The van der Waals surface area contributed by atoms with Gasteiger partial charge in [-0.15, -0.1) is 0 Å². The Morgan fingerprint density at radius 3 is 2.33 bits per heavy atom. The summed E-state index contributed by atoms with van der Waals surface area (Å²) < 4.78 is 0. The third-order valence-corrected chi connectivity index (χ3v) is 2.80. The van der Waals surface area contributed by atoms with Crippen LogP contribution in [0.25, 0.3) is 0 Å². The van der Waals surface area contributed by atoms with Crippen LogP contribution in [-0.2, 0) is 4.79 Å². The first kappa shape index (κ1) is 16.7. The molecule has 2 N–H and O–H groups in total. The lowest BCUT2D eigenvalue weighted by Gasteiger charge is -2.21. The Morgan fingerprint density at radius 1 is 1.22 bits per heavy atom. The molecule has 106 valence electrons. The second-order valence-electron chi connectivity index (χ2n) is 5.24. The van der Waals surface area contributed by atoms with Gasteiger partial charge in [-0.2, -0.15) is 0 Å². The number of carbonyl (C=O) groups excluding carboxylic acids is 1. The zero-order valence-corrected chi connectivity index (χ0v) is 11.9. The molecular weight excluding hydrogens is 232 g/mol. The molecule has 0 aromatic heterocycles. The van der Waals surface area contributed by atoms with Gasteiger partial charge in [-0.25, -0.2) is 4.79 Å². The number of carbonyl (C=O) groups is 2. The van der Waals surface area contributed by atoms with Gasteiger partial charge in [-0.1, -0.05) is 26.7 Å². The summed E-state index contributed by atoms with van der Waals surface area (Å²) in [6.07, 6.45) is 3.19. The maximum Gasteiger partial charge on any atom is 0.317 e. The third-order valence-electron chi connectivity index (χ3n) is 2.80. The molecule has 5 heteroatoms. The van der Waals surface area contributed by atoms with E-state index in [1.807, 2.05) is 6.92 Å². The normalized spacial score (nSPS) is 12.3. The quantitative estimate of drug-likeness (QED) is 0.702. The summed E-state index contributed by atoms with van der Waals surface area (Å²) in [5.74, 6) is -0.203. The minimum absolute atomic E-state index is 0.0222. The maximum absolute atomic E-state index is 11.7. The number of rotatable bonds is 8. The van der Waals surface area contributed by atoms with Crippen molar-refractivity contribution in [3.8, 4) is 0 Å². The van der Waals surface area contributed by atoms with Gasteiger partial charge in [0.2, 0.25) is 0 Å². The second-order valence-corrected chi connectivity index (χ2v) is 5.24. The van der Waals surface area contributed by atoms with E-state index >= 15 is 0 Å². The summed E-state index contributed by atoms with van der Waals surface area (Å²) in [6, 6.07) is -0.0724. The first-order valence-electron chi connectivity index (χ1n) is 6.56. The van der Waals surface area contributed by atoms with Crippen molar-refractivity contribution in [2.45, 2.75) is 52.5 Å². The number of hydrogen-bond donors (Lipinski definition) is 2. The summed E-state index contributed by atoms with van der Waals surface area (Å²) in [5, 5.41) is 11.4. The molecule has 0 fully saturated rings. The first-order chi connectivity index (χ1) is 8.32. The van der Waals surface area contributed by atoms with Gasteiger partial charge in [0, 0.05) is 19.6 Å². The maximum atomic E-state index is 11.7. The fourth-order valence-corrected chi connectivity index (χ4v) is 1.59. The van der Waals surface area contributed by atoms with Crippen LogP contribution in [0.5, 0.6) is 0 Å². The van der Waals surface area contributed by atoms with Gasteiger partial charge >= 0.3 is 12.0 Å². The average molecular weight is 258 g/mol. The predicted molar refractivity (Wildman–Crippen MR) is 71.6 cm³/mol. The molecule has 0 rings (SSSR count). The molecule has 0 aliphatic carbocycles. The van der Waals surface area contributed by atoms with Gasteiger partial charge in [0.05, 0.1) is 6.42 Å². The van der Waals surface area contributed by atoms with Crippen LogP contribution in [0.4, 0.5) is 4.79 Å².